The Morgan fingerprint density at radius 1 is 1.26 bits per heavy atom. The highest BCUT2D eigenvalue weighted by molar-refractivity contribution is 7.99. The van der Waals surface area contributed by atoms with Crippen molar-refractivity contribution in [2.24, 2.45) is 5.73 Å². The lowest BCUT2D eigenvalue weighted by Crippen LogP contribution is -2.14. The minimum atomic E-state index is 0.134. The SMILES string of the molecule is NC(CSC1CCCC1)c1ccc2ncccc2c1. The summed E-state index contributed by atoms with van der Waals surface area (Å²) in [7, 11) is 0. The lowest BCUT2D eigenvalue weighted by molar-refractivity contribution is 0.821. The standard InChI is InChI=1S/C16H20N2S/c17-15(11-19-14-5-1-2-6-14)12-7-8-16-13(10-12)4-3-9-18-16/h3-4,7-10,14-15H,1-2,5-6,11,17H2. The van der Waals surface area contributed by atoms with Crippen LogP contribution in [-0.2, 0) is 0 Å². The third-order valence-electron chi connectivity index (χ3n) is 3.87. The number of fused-ring (bicyclic) bond motifs is 1. The predicted octanol–water partition coefficient (Wildman–Crippen LogP) is 3.91. The van der Waals surface area contributed by atoms with E-state index in [4.69, 9.17) is 5.73 Å². The van der Waals surface area contributed by atoms with Gasteiger partial charge in [0.15, 0.2) is 0 Å². The summed E-state index contributed by atoms with van der Waals surface area (Å²) >= 11 is 2.05. The zero-order valence-corrected chi connectivity index (χ0v) is 11.9. The molecule has 1 aliphatic carbocycles. The van der Waals surface area contributed by atoms with Crippen LogP contribution >= 0.6 is 11.8 Å². The first-order valence-electron chi connectivity index (χ1n) is 7.05. The molecule has 19 heavy (non-hydrogen) atoms. The normalized spacial score (nSPS) is 17.9. The second-order valence-electron chi connectivity index (χ2n) is 5.30. The zero-order chi connectivity index (χ0) is 13.1. The molecule has 1 aromatic heterocycles. The molecule has 0 amide bonds. The van der Waals surface area contributed by atoms with Crippen molar-refractivity contribution in [3.63, 3.8) is 0 Å². The fourth-order valence-corrected chi connectivity index (χ4v) is 4.05. The van der Waals surface area contributed by atoms with Gasteiger partial charge < -0.3 is 5.73 Å². The first-order chi connectivity index (χ1) is 9.33. The van der Waals surface area contributed by atoms with E-state index in [2.05, 4.69) is 41.0 Å². The molecule has 1 fully saturated rings. The van der Waals surface area contributed by atoms with E-state index in [1.807, 2.05) is 12.3 Å². The van der Waals surface area contributed by atoms with Crippen molar-refractivity contribution in [1.29, 1.82) is 0 Å². The first-order valence-corrected chi connectivity index (χ1v) is 8.10. The fourth-order valence-electron chi connectivity index (χ4n) is 2.72. The van der Waals surface area contributed by atoms with Gasteiger partial charge in [-0.25, -0.2) is 0 Å². The third kappa shape index (κ3) is 3.10. The Kier molecular flexibility index (Phi) is 4.04. The Balaban J connectivity index is 1.68. The third-order valence-corrected chi connectivity index (χ3v) is 5.36. The molecular weight excluding hydrogens is 252 g/mol. The van der Waals surface area contributed by atoms with Gasteiger partial charge in [-0.15, -0.1) is 0 Å². The van der Waals surface area contributed by atoms with Gasteiger partial charge in [0, 0.05) is 28.6 Å². The molecule has 1 heterocycles. The van der Waals surface area contributed by atoms with Crippen molar-refractivity contribution >= 4 is 22.7 Å². The van der Waals surface area contributed by atoms with E-state index in [-0.39, 0.29) is 6.04 Å². The van der Waals surface area contributed by atoms with Crippen LogP contribution in [0.3, 0.4) is 0 Å². The summed E-state index contributed by atoms with van der Waals surface area (Å²) < 4.78 is 0. The Morgan fingerprint density at radius 3 is 2.95 bits per heavy atom. The molecule has 1 atom stereocenters. The molecule has 2 aromatic rings. The van der Waals surface area contributed by atoms with Crippen LogP contribution in [0.4, 0.5) is 0 Å². The largest absolute Gasteiger partial charge is 0.323 e. The van der Waals surface area contributed by atoms with Crippen LogP contribution in [-0.4, -0.2) is 16.0 Å². The van der Waals surface area contributed by atoms with Crippen molar-refractivity contribution in [3.05, 3.63) is 42.1 Å². The van der Waals surface area contributed by atoms with Crippen molar-refractivity contribution in [3.8, 4) is 0 Å². The van der Waals surface area contributed by atoms with Crippen molar-refractivity contribution in [2.45, 2.75) is 37.0 Å². The number of nitrogens with zero attached hydrogens (tertiary/aromatic N) is 1. The van der Waals surface area contributed by atoms with Gasteiger partial charge in [0.2, 0.25) is 0 Å². The molecule has 0 saturated heterocycles. The van der Waals surface area contributed by atoms with E-state index in [1.165, 1.54) is 36.6 Å². The molecule has 1 aromatic carbocycles. The molecule has 1 saturated carbocycles. The number of nitrogens with two attached hydrogens (primary N) is 1. The monoisotopic (exact) mass is 272 g/mol. The molecule has 2 N–H and O–H groups in total. The summed E-state index contributed by atoms with van der Waals surface area (Å²) in [6, 6.07) is 10.6. The van der Waals surface area contributed by atoms with E-state index >= 15 is 0 Å². The van der Waals surface area contributed by atoms with Gasteiger partial charge in [-0.05, 0) is 36.6 Å². The maximum atomic E-state index is 6.32. The van der Waals surface area contributed by atoms with Gasteiger partial charge >= 0.3 is 0 Å². The Bertz CT molecular complexity index is 549. The topological polar surface area (TPSA) is 38.9 Å². The fraction of sp³-hybridized carbons (Fsp3) is 0.438. The van der Waals surface area contributed by atoms with Crippen LogP contribution in [0, 0.1) is 0 Å². The maximum absolute atomic E-state index is 6.32. The van der Waals surface area contributed by atoms with Crippen molar-refractivity contribution in [2.75, 3.05) is 5.75 Å². The van der Waals surface area contributed by atoms with Crippen LogP contribution in [0.15, 0.2) is 36.5 Å². The smallest absolute Gasteiger partial charge is 0.0702 e. The van der Waals surface area contributed by atoms with Gasteiger partial charge in [-0.2, -0.15) is 11.8 Å². The maximum Gasteiger partial charge on any atom is 0.0702 e. The number of aromatic nitrogens is 1. The number of hydrogen-bond acceptors (Lipinski definition) is 3. The van der Waals surface area contributed by atoms with Crippen LogP contribution < -0.4 is 5.73 Å². The molecule has 100 valence electrons. The van der Waals surface area contributed by atoms with Gasteiger partial charge in [-0.1, -0.05) is 25.0 Å². The molecule has 0 aliphatic heterocycles. The number of pyridine rings is 1. The first kappa shape index (κ1) is 12.9. The van der Waals surface area contributed by atoms with E-state index < -0.39 is 0 Å². The van der Waals surface area contributed by atoms with E-state index in [1.54, 1.807) is 0 Å². The van der Waals surface area contributed by atoms with E-state index in [9.17, 15) is 0 Å². The molecule has 2 nitrogen and oxygen atoms in total. The summed E-state index contributed by atoms with van der Waals surface area (Å²) in [6.07, 6.45) is 7.37. The molecule has 0 radical (unpaired) electrons. The summed E-state index contributed by atoms with van der Waals surface area (Å²) in [6.45, 7) is 0. The van der Waals surface area contributed by atoms with Gasteiger partial charge in [0.25, 0.3) is 0 Å². The van der Waals surface area contributed by atoms with E-state index in [0.717, 1.165) is 16.5 Å². The van der Waals surface area contributed by atoms with Crippen LogP contribution in [0.2, 0.25) is 0 Å². The quantitative estimate of drug-likeness (QED) is 0.917. The van der Waals surface area contributed by atoms with Gasteiger partial charge in [0.05, 0.1) is 5.52 Å². The van der Waals surface area contributed by atoms with Gasteiger partial charge in [0.1, 0.15) is 0 Å². The summed E-state index contributed by atoms with van der Waals surface area (Å²) in [5, 5.41) is 2.02. The number of thioether (sulfide) groups is 1. The number of rotatable bonds is 4. The molecule has 0 spiro atoms. The Hall–Kier alpha value is -1.06. The van der Waals surface area contributed by atoms with Crippen molar-refractivity contribution < 1.29 is 0 Å². The minimum Gasteiger partial charge on any atom is -0.323 e. The van der Waals surface area contributed by atoms with Crippen LogP contribution in [0.5, 0.6) is 0 Å². The van der Waals surface area contributed by atoms with Crippen LogP contribution in [0.1, 0.15) is 37.3 Å². The molecule has 3 rings (SSSR count). The second-order valence-corrected chi connectivity index (χ2v) is 6.64. The highest BCUT2D eigenvalue weighted by Gasteiger charge is 2.17. The molecular formula is C16H20N2S. The summed E-state index contributed by atoms with van der Waals surface area (Å²) in [5.74, 6) is 1.02. The summed E-state index contributed by atoms with van der Waals surface area (Å²) in [5.41, 5.74) is 8.59. The number of benzene rings is 1. The Labute approximate surface area is 118 Å². The molecule has 3 heteroatoms. The lowest BCUT2D eigenvalue weighted by Gasteiger charge is -2.15. The van der Waals surface area contributed by atoms with E-state index in [0.29, 0.717) is 0 Å². The zero-order valence-electron chi connectivity index (χ0n) is 11.1. The molecule has 0 bridgehead atoms. The highest BCUT2D eigenvalue weighted by atomic mass is 32.2. The average molecular weight is 272 g/mol. The van der Waals surface area contributed by atoms with Gasteiger partial charge in [-0.3, -0.25) is 4.98 Å². The summed E-state index contributed by atoms with van der Waals surface area (Å²) in [4.78, 5) is 4.34. The van der Waals surface area contributed by atoms with Crippen LogP contribution in [0.25, 0.3) is 10.9 Å². The molecule has 1 aliphatic rings. The highest BCUT2D eigenvalue weighted by Crippen LogP contribution is 2.31. The Morgan fingerprint density at radius 2 is 2.11 bits per heavy atom. The minimum absolute atomic E-state index is 0.134. The van der Waals surface area contributed by atoms with Crippen molar-refractivity contribution in [1.82, 2.24) is 4.98 Å². The lowest BCUT2D eigenvalue weighted by atomic mass is 10.1. The number of hydrogen-bond donors (Lipinski definition) is 1. The predicted molar refractivity (Wildman–Crippen MR) is 83.4 cm³/mol. The average Bonchev–Trinajstić information content (AvgIpc) is 2.97. The molecule has 1 unspecified atom stereocenters. The second kappa shape index (κ2) is 5.93.